The molecule has 0 fully saturated rings. The zero-order valence-electron chi connectivity index (χ0n) is 16.5. The first-order valence-electron chi connectivity index (χ1n) is 11.0. The maximum Gasteiger partial charge on any atom is 0.00168 e. The molecule has 0 amide bonds. The number of thiol groups is 1. The maximum atomic E-state index is 4.78. The molecular formula is C22H46S. The third-order valence-electron chi connectivity index (χ3n) is 5.03. The van der Waals surface area contributed by atoms with Gasteiger partial charge in [0.15, 0.2) is 0 Å². The minimum atomic E-state index is 0.666. The standard InChI is InChI=1S/C22H46S/c1-3-5-7-9-11-13-15-17-19-21-22(23)20-18-16-14-12-10-8-6-4-2/h22-23H,3-21H2,1-2H3. The van der Waals surface area contributed by atoms with Crippen molar-refractivity contribution in [2.75, 3.05) is 0 Å². The van der Waals surface area contributed by atoms with Crippen LogP contribution >= 0.6 is 12.6 Å². The molecule has 23 heavy (non-hydrogen) atoms. The zero-order chi connectivity index (χ0) is 17.0. The van der Waals surface area contributed by atoms with Gasteiger partial charge < -0.3 is 0 Å². The van der Waals surface area contributed by atoms with Crippen LogP contribution in [0.1, 0.15) is 136 Å². The molecule has 0 aliphatic carbocycles. The van der Waals surface area contributed by atoms with E-state index in [0.717, 1.165) is 0 Å². The van der Waals surface area contributed by atoms with Crippen LogP contribution < -0.4 is 0 Å². The van der Waals surface area contributed by atoms with E-state index in [9.17, 15) is 0 Å². The Morgan fingerprint density at radius 2 is 0.696 bits per heavy atom. The molecule has 0 spiro atoms. The van der Waals surface area contributed by atoms with Crippen molar-refractivity contribution in [2.24, 2.45) is 0 Å². The van der Waals surface area contributed by atoms with Crippen LogP contribution in [0.2, 0.25) is 0 Å². The molecule has 0 bridgehead atoms. The number of hydrogen-bond acceptors (Lipinski definition) is 1. The van der Waals surface area contributed by atoms with Gasteiger partial charge in [-0.15, -0.1) is 0 Å². The molecule has 0 aromatic carbocycles. The molecule has 0 aromatic rings. The van der Waals surface area contributed by atoms with Crippen molar-refractivity contribution < 1.29 is 0 Å². The first kappa shape index (κ1) is 23.4. The Labute approximate surface area is 154 Å². The van der Waals surface area contributed by atoms with Crippen molar-refractivity contribution >= 4 is 12.6 Å². The molecule has 0 aliphatic heterocycles. The van der Waals surface area contributed by atoms with Crippen LogP contribution in [-0.2, 0) is 0 Å². The summed E-state index contributed by atoms with van der Waals surface area (Å²) in [4.78, 5) is 0. The Morgan fingerprint density at radius 3 is 1.00 bits per heavy atom. The van der Waals surface area contributed by atoms with E-state index in [1.807, 2.05) is 0 Å². The van der Waals surface area contributed by atoms with Crippen LogP contribution in [0.25, 0.3) is 0 Å². The molecule has 1 atom stereocenters. The molecular weight excluding hydrogens is 296 g/mol. The van der Waals surface area contributed by atoms with Gasteiger partial charge in [-0.25, -0.2) is 0 Å². The van der Waals surface area contributed by atoms with Crippen LogP contribution in [0.4, 0.5) is 0 Å². The SMILES string of the molecule is CCCCCCCCCCCC(S)CCCCCCCCCC. The van der Waals surface area contributed by atoms with Gasteiger partial charge >= 0.3 is 0 Å². The van der Waals surface area contributed by atoms with Gasteiger partial charge in [0.05, 0.1) is 0 Å². The number of rotatable bonds is 19. The normalized spacial score (nSPS) is 12.7. The summed E-state index contributed by atoms with van der Waals surface area (Å²) >= 11 is 4.78. The second kappa shape index (κ2) is 20.4. The lowest BCUT2D eigenvalue weighted by molar-refractivity contribution is 0.529. The summed E-state index contributed by atoms with van der Waals surface area (Å²) in [6.07, 6.45) is 27.0. The van der Waals surface area contributed by atoms with Crippen LogP contribution in [0.5, 0.6) is 0 Å². The van der Waals surface area contributed by atoms with E-state index in [1.165, 1.54) is 122 Å². The molecule has 0 nitrogen and oxygen atoms in total. The molecule has 1 unspecified atom stereocenters. The predicted octanol–water partition coefficient (Wildman–Crippen LogP) is 8.74. The van der Waals surface area contributed by atoms with Gasteiger partial charge in [0.1, 0.15) is 0 Å². The summed E-state index contributed by atoms with van der Waals surface area (Å²) in [6.45, 7) is 4.59. The largest absolute Gasteiger partial charge is 0.176 e. The van der Waals surface area contributed by atoms with E-state index >= 15 is 0 Å². The Morgan fingerprint density at radius 1 is 0.435 bits per heavy atom. The average Bonchev–Trinajstić information content (AvgIpc) is 2.56. The van der Waals surface area contributed by atoms with E-state index in [1.54, 1.807) is 0 Å². The Hall–Kier alpha value is 0.350. The van der Waals surface area contributed by atoms with Gasteiger partial charge in [0, 0.05) is 5.25 Å². The van der Waals surface area contributed by atoms with Crippen molar-refractivity contribution in [3.8, 4) is 0 Å². The summed E-state index contributed by atoms with van der Waals surface area (Å²) in [5.74, 6) is 0. The minimum absolute atomic E-state index is 0.666. The highest BCUT2D eigenvalue weighted by atomic mass is 32.1. The van der Waals surface area contributed by atoms with E-state index in [2.05, 4.69) is 13.8 Å². The third-order valence-corrected chi connectivity index (χ3v) is 5.55. The van der Waals surface area contributed by atoms with Crippen molar-refractivity contribution in [3.63, 3.8) is 0 Å². The van der Waals surface area contributed by atoms with Crippen molar-refractivity contribution in [3.05, 3.63) is 0 Å². The summed E-state index contributed by atoms with van der Waals surface area (Å²) in [5.41, 5.74) is 0. The summed E-state index contributed by atoms with van der Waals surface area (Å²) in [7, 11) is 0. The minimum Gasteiger partial charge on any atom is -0.176 e. The smallest absolute Gasteiger partial charge is 0.00168 e. The van der Waals surface area contributed by atoms with Gasteiger partial charge in [-0.2, -0.15) is 12.6 Å². The molecule has 0 heterocycles. The molecule has 0 saturated carbocycles. The van der Waals surface area contributed by atoms with E-state index in [0.29, 0.717) is 5.25 Å². The van der Waals surface area contributed by atoms with Crippen molar-refractivity contribution in [2.45, 2.75) is 141 Å². The molecule has 0 rings (SSSR count). The molecule has 0 radical (unpaired) electrons. The molecule has 140 valence electrons. The van der Waals surface area contributed by atoms with Crippen LogP contribution in [0.15, 0.2) is 0 Å². The highest BCUT2D eigenvalue weighted by molar-refractivity contribution is 7.80. The lowest BCUT2D eigenvalue weighted by atomic mass is 10.0. The fourth-order valence-electron chi connectivity index (χ4n) is 3.35. The topological polar surface area (TPSA) is 0 Å². The second-order valence-electron chi connectivity index (χ2n) is 7.53. The molecule has 1 heteroatoms. The third kappa shape index (κ3) is 20.3. The highest BCUT2D eigenvalue weighted by Gasteiger charge is 2.03. The van der Waals surface area contributed by atoms with E-state index in [-0.39, 0.29) is 0 Å². The van der Waals surface area contributed by atoms with Gasteiger partial charge in [-0.1, -0.05) is 123 Å². The zero-order valence-corrected chi connectivity index (χ0v) is 17.4. The molecule has 0 aliphatic rings. The van der Waals surface area contributed by atoms with Gasteiger partial charge in [-0.05, 0) is 12.8 Å². The lowest BCUT2D eigenvalue weighted by Gasteiger charge is -2.10. The fourth-order valence-corrected chi connectivity index (χ4v) is 3.71. The first-order valence-corrected chi connectivity index (χ1v) is 11.5. The Balaban J connectivity index is 3.11. The van der Waals surface area contributed by atoms with Crippen molar-refractivity contribution in [1.29, 1.82) is 0 Å². The molecule has 0 aromatic heterocycles. The van der Waals surface area contributed by atoms with Gasteiger partial charge in [0.2, 0.25) is 0 Å². The first-order chi connectivity index (χ1) is 11.3. The number of hydrogen-bond donors (Lipinski definition) is 1. The maximum absolute atomic E-state index is 4.78. The van der Waals surface area contributed by atoms with Crippen LogP contribution in [0.3, 0.4) is 0 Å². The summed E-state index contributed by atoms with van der Waals surface area (Å²) in [5, 5.41) is 0.666. The van der Waals surface area contributed by atoms with Gasteiger partial charge in [-0.3, -0.25) is 0 Å². The Bertz CT molecular complexity index is 202. The fraction of sp³-hybridized carbons (Fsp3) is 1.00. The monoisotopic (exact) mass is 342 g/mol. The van der Waals surface area contributed by atoms with E-state index in [4.69, 9.17) is 12.6 Å². The number of unbranched alkanes of at least 4 members (excludes halogenated alkanes) is 15. The van der Waals surface area contributed by atoms with Crippen LogP contribution in [0, 0.1) is 0 Å². The predicted molar refractivity (Wildman–Crippen MR) is 112 cm³/mol. The molecule has 0 saturated heterocycles. The average molecular weight is 343 g/mol. The van der Waals surface area contributed by atoms with Gasteiger partial charge in [0.25, 0.3) is 0 Å². The quantitative estimate of drug-likeness (QED) is 0.176. The summed E-state index contributed by atoms with van der Waals surface area (Å²) in [6, 6.07) is 0. The van der Waals surface area contributed by atoms with Crippen LogP contribution in [-0.4, -0.2) is 5.25 Å². The summed E-state index contributed by atoms with van der Waals surface area (Å²) < 4.78 is 0. The van der Waals surface area contributed by atoms with E-state index < -0.39 is 0 Å². The second-order valence-corrected chi connectivity index (χ2v) is 8.26. The molecule has 0 N–H and O–H groups in total. The van der Waals surface area contributed by atoms with Crippen molar-refractivity contribution in [1.82, 2.24) is 0 Å². The lowest BCUT2D eigenvalue weighted by Crippen LogP contribution is -1.98. The highest BCUT2D eigenvalue weighted by Crippen LogP contribution is 2.18. The Kier molecular flexibility index (Phi) is 20.7.